The zero-order chi connectivity index (χ0) is 26.3. The summed E-state index contributed by atoms with van der Waals surface area (Å²) in [5.74, 6) is -1.53. The molecule has 0 aliphatic rings. The Morgan fingerprint density at radius 3 is 2.39 bits per heavy atom. The number of hydrogen-bond donors (Lipinski definition) is 2. The molecule has 0 fully saturated rings. The predicted octanol–water partition coefficient (Wildman–Crippen LogP) is 4.73. The monoisotopic (exact) mass is 521 g/mol. The van der Waals surface area contributed by atoms with Crippen LogP contribution in [0, 0.1) is 5.82 Å². The molecule has 0 bridgehead atoms. The van der Waals surface area contributed by atoms with Crippen molar-refractivity contribution in [2.24, 2.45) is 0 Å². The van der Waals surface area contributed by atoms with E-state index in [0.717, 1.165) is 42.3 Å². The van der Waals surface area contributed by atoms with Gasteiger partial charge < -0.3 is 5.32 Å². The van der Waals surface area contributed by atoms with Gasteiger partial charge in [0.2, 0.25) is 15.9 Å². The van der Waals surface area contributed by atoms with E-state index >= 15 is 0 Å². The van der Waals surface area contributed by atoms with Crippen LogP contribution in [0.3, 0.4) is 0 Å². The van der Waals surface area contributed by atoms with Gasteiger partial charge in [0.1, 0.15) is 5.82 Å². The highest BCUT2D eigenvalue weighted by atomic mass is 32.2. The molecule has 0 aliphatic heterocycles. The fourth-order valence-corrected chi connectivity index (χ4v) is 3.98. The lowest BCUT2D eigenvalue weighted by atomic mass is 10.00. The van der Waals surface area contributed by atoms with E-state index in [-0.39, 0.29) is 29.9 Å². The zero-order valence-electron chi connectivity index (χ0n) is 19.1. The van der Waals surface area contributed by atoms with Gasteiger partial charge in [-0.2, -0.15) is 13.2 Å². The van der Waals surface area contributed by atoms with Crippen molar-refractivity contribution in [3.63, 3.8) is 0 Å². The molecule has 3 rings (SSSR count). The van der Waals surface area contributed by atoms with E-state index in [2.05, 4.69) is 10.3 Å². The van der Waals surface area contributed by atoms with E-state index in [4.69, 9.17) is 0 Å². The first-order valence-electron chi connectivity index (χ1n) is 10.7. The number of amides is 1. The molecule has 1 heterocycles. The number of hydrogen-bond acceptors (Lipinski definition) is 4. The second-order valence-electron chi connectivity index (χ2n) is 7.94. The Kier molecular flexibility index (Phi) is 8.46. The van der Waals surface area contributed by atoms with Gasteiger partial charge in [-0.25, -0.2) is 12.8 Å². The van der Waals surface area contributed by atoms with Gasteiger partial charge in [-0.15, -0.1) is 0 Å². The molecule has 11 heteroatoms. The third kappa shape index (κ3) is 7.91. The van der Waals surface area contributed by atoms with Crippen LogP contribution in [0.5, 0.6) is 0 Å². The summed E-state index contributed by atoms with van der Waals surface area (Å²) in [6.45, 7) is -0.126. The van der Waals surface area contributed by atoms with Crippen molar-refractivity contribution >= 4 is 27.7 Å². The number of carbonyl (C=O) groups is 1. The number of aromatic nitrogens is 1. The Morgan fingerprint density at radius 1 is 1.03 bits per heavy atom. The van der Waals surface area contributed by atoms with Crippen molar-refractivity contribution in [2.45, 2.75) is 25.6 Å². The topological polar surface area (TPSA) is 88.2 Å². The summed E-state index contributed by atoms with van der Waals surface area (Å²) in [6.07, 6.45) is 0.0867. The number of carbonyl (C=O) groups excluding carboxylic acids is 1. The van der Waals surface area contributed by atoms with E-state index in [0.29, 0.717) is 12.0 Å². The van der Waals surface area contributed by atoms with Crippen LogP contribution < -0.4 is 10.0 Å². The second kappa shape index (κ2) is 11.3. The molecular weight excluding hydrogens is 498 g/mol. The molecule has 2 aromatic carbocycles. The number of benzene rings is 2. The largest absolute Gasteiger partial charge is 0.417 e. The van der Waals surface area contributed by atoms with Gasteiger partial charge in [-0.05, 0) is 48.2 Å². The highest BCUT2D eigenvalue weighted by Crippen LogP contribution is 2.33. The van der Waals surface area contributed by atoms with Crippen LogP contribution in [0.2, 0.25) is 0 Å². The number of halogens is 4. The molecule has 0 aliphatic carbocycles. The van der Waals surface area contributed by atoms with Crippen molar-refractivity contribution in [3.05, 3.63) is 101 Å². The number of alkyl halides is 3. The van der Waals surface area contributed by atoms with Crippen LogP contribution in [0.15, 0.2) is 66.9 Å². The van der Waals surface area contributed by atoms with Crippen molar-refractivity contribution in [1.82, 2.24) is 10.3 Å². The lowest BCUT2D eigenvalue weighted by Crippen LogP contribution is -2.20. The molecular formula is C25H23F4N3O3S. The molecule has 0 saturated carbocycles. The van der Waals surface area contributed by atoms with Crippen LogP contribution in [0.1, 0.15) is 27.9 Å². The lowest BCUT2D eigenvalue weighted by Gasteiger charge is -2.14. The number of nitrogens with one attached hydrogen (secondary N) is 2. The molecule has 0 radical (unpaired) electrons. The number of anilines is 1. The van der Waals surface area contributed by atoms with Gasteiger partial charge in [0.15, 0.2) is 0 Å². The van der Waals surface area contributed by atoms with E-state index in [1.54, 1.807) is 0 Å². The molecule has 190 valence electrons. The Morgan fingerprint density at radius 2 is 1.75 bits per heavy atom. The fraction of sp³-hybridized carbons (Fsp3) is 0.200. The van der Waals surface area contributed by atoms with Crippen molar-refractivity contribution in [3.8, 4) is 0 Å². The normalized spacial score (nSPS) is 12.0. The van der Waals surface area contributed by atoms with Gasteiger partial charge in [0, 0.05) is 30.1 Å². The molecule has 2 N–H and O–H groups in total. The summed E-state index contributed by atoms with van der Waals surface area (Å²) < 4.78 is 79.5. The third-order valence-electron chi connectivity index (χ3n) is 5.07. The van der Waals surface area contributed by atoms with Gasteiger partial charge in [-0.3, -0.25) is 14.5 Å². The summed E-state index contributed by atoms with van der Waals surface area (Å²) in [6, 6.07) is 13.8. The maximum atomic E-state index is 14.1. The van der Waals surface area contributed by atoms with Gasteiger partial charge >= 0.3 is 6.18 Å². The SMILES string of the molecule is CS(=O)(=O)Nc1ccc(CNC(=O)C=Cc2c(C(F)(F)F)ccnc2CCc2ccccc2)cc1F. The molecule has 0 spiro atoms. The van der Waals surface area contributed by atoms with Crippen molar-refractivity contribution < 1.29 is 30.8 Å². The van der Waals surface area contributed by atoms with Crippen molar-refractivity contribution in [1.29, 1.82) is 0 Å². The summed E-state index contributed by atoms with van der Waals surface area (Å²) in [4.78, 5) is 16.4. The third-order valence-corrected chi connectivity index (χ3v) is 5.66. The number of pyridine rings is 1. The first-order valence-corrected chi connectivity index (χ1v) is 12.6. The van der Waals surface area contributed by atoms with Crippen molar-refractivity contribution in [2.75, 3.05) is 11.0 Å². The minimum atomic E-state index is -4.64. The molecule has 36 heavy (non-hydrogen) atoms. The van der Waals surface area contributed by atoms with E-state index < -0.39 is 33.5 Å². The molecule has 1 aromatic heterocycles. The number of sulfonamides is 1. The maximum absolute atomic E-state index is 14.1. The average molecular weight is 522 g/mol. The smallest absolute Gasteiger partial charge is 0.348 e. The molecule has 6 nitrogen and oxygen atoms in total. The fourth-order valence-electron chi connectivity index (χ4n) is 3.41. The molecule has 0 unspecified atom stereocenters. The first-order chi connectivity index (χ1) is 16.9. The van der Waals surface area contributed by atoms with E-state index in [1.807, 2.05) is 35.1 Å². The Bertz CT molecular complexity index is 1360. The van der Waals surface area contributed by atoms with E-state index in [9.17, 15) is 30.8 Å². The average Bonchev–Trinajstić information content (AvgIpc) is 2.81. The van der Waals surface area contributed by atoms with Crippen LogP contribution in [0.4, 0.5) is 23.2 Å². The standard InChI is InChI=1S/C25H23F4N3O3S/c1-36(34,35)32-23-11-8-18(15-21(23)26)16-31-24(33)12-9-19-20(25(27,28)29)13-14-30-22(19)10-7-17-5-3-2-4-6-17/h2-6,8-9,11-15,32H,7,10,16H2,1H3,(H,31,33). The quantitative estimate of drug-likeness (QED) is 0.315. The van der Waals surface area contributed by atoms with Crippen LogP contribution in [0.25, 0.3) is 6.08 Å². The Hall–Kier alpha value is -3.73. The minimum Gasteiger partial charge on any atom is -0.348 e. The summed E-state index contributed by atoms with van der Waals surface area (Å²) in [5.41, 5.74) is 0.128. The summed E-state index contributed by atoms with van der Waals surface area (Å²) in [5, 5.41) is 2.47. The Balaban J connectivity index is 1.73. The Labute approximate surface area is 206 Å². The highest BCUT2D eigenvalue weighted by molar-refractivity contribution is 7.92. The van der Waals surface area contributed by atoms with Gasteiger partial charge in [0.05, 0.1) is 17.5 Å². The predicted molar refractivity (Wildman–Crippen MR) is 129 cm³/mol. The van der Waals surface area contributed by atoms with Gasteiger partial charge in [0.25, 0.3) is 0 Å². The maximum Gasteiger partial charge on any atom is 0.417 e. The van der Waals surface area contributed by atoms with Crippen LogP contribution in [-0.2, 0) is 40.4 Å². The van der Waals surface area contributed by atoms with E-state index in [1.165, 1.54) is 12.1 Å². The second-order valence-corrected chi connectivity index (χ2v) is 9.69. The highest BCUT2D eigenvalue weighted by Gasteiger charge is 2.33. The minimum absolute atomic E-state index is 0.126. The molecule has 1 amide bonds. The number of nitrogens with zero attached hydrogens (tertiary/aromatic N) is 1. The molecule has 0 saturated heterocycles. The summed E-state index contributed by atoms with van der Waals surface area (Å²) in [7, 11) is -3.66. The number of aryl methyl sites for hydroxylation is 2. The lowest BCUT2D eigenvalue weighted by molar-refractivity contribution is -0.137. The molecule has 0 atom stereocenters. The summed E-state index contributed by atoms with van der Waals surface area (Å²) >= 11 is 0. The van der Waals surface area contributed by atoms with Crippen LogP contribution >= 0.6 is 0 Å². The van der Waals surface area contributed by atoms with Gasteiger partial charge in [-0.1, -0.05) is 36.4 Å². The zero-order valence-corrected chi connectivity index (χ0v) is 20.0. The molecule has 3 aromatic rings. The van der Waals surface area contributed by atoms with Crippen LogP contribution in [-0.4, -0.2) is 25.6 Å². The first kappa shape index (κ1) is 26.9. The number of rotatable bonds is 9.